The molecule has 3 heteroatoms. The predicted octanol–water partition coefficient (Wildman–Crippen LogP) is 2.44. The molecule has 2 rings (SSSR count). The van der Waals surface area contributed by atoms with Gasteiger partial charge in [-0.2, -0.15) is 0 Å². The van der Waals surface area contributed by atoms with E-state index in [1.165, 1.54) is 0 Å². The van der Waals surface area contributed by atoms with Crippen molar-refractivity contribution in [3.8, 4) is 17.2 Å². The first kappa shape index (κ1) is 13.4. The van der Waals surface area contributed by atoms with E-state index in [1.807, 2.05) is 54.6 Å². The van der Waals surface area contributed by atoms with Gasteiger partial charge in [0.25, 0.3) is 0 Å². The SMILES string of the molecule is C[NH2+]CCCOc1cccc(Oc2ccccc2)c1. The van der Waals surface area contributed by atoms with E-state index in [2.05, 4.69) is 12.4 Å². The summed E-state index contributed by atoms with van der Waals surface area (Å²) in [5.74, 6) is 2.48. The molecule has 0 bridgehead atoms. The molecule has 0 spiro atoms. The standard InChI is InChI=1S/C16H19NO2/c1-17-11-6-12-18-15-9-5-10-16(13-15)19-14-7-3-2-4-8-14/h2-5,7-10,13,17H,6,11-12H2,1H3/p+1. The molecule has 0 fully saturated rings. The average molecular weight is 258 g/mol. The van der Waals surface area contributed by atoms with Crippen molar-refractivity contribution in [3.63, 3.8) is 0 Å². The Morgan fingerprint density at radius 3 is 2.42 bits per heavy atom. The Labute approximate surface area is 114 Å². The number of benzene rings is 2. The van der Waals surface area contributed by atoms with Crippen LogP contribution in [0.2, 0.25) is 0 Å². The summed E-state index contributed by atoms with van der Waals surface area (Å²) in [5, 5.41) is 2.15. The van der Waals surface area contributed by atoms with Gasteiger partial charge in [-0.15, -0.1) is 0 Å². The van der Waals surface area contributed by atoms with E-state index >= 15 is 0 Å². The van der Waals surface area contributed by atoms with Crippen LogP contribution in [0, 0.1) is 0 Å². The number of quaternary nitrogens is 1. The minimum absolute atomic E-state index is 0.735. The van der Waals surface area contributed by atoms with Gasteiger partial charge in [0.1, 0.15) is 17.2 Å². The predicted molar refractivity (Wildman–Crippen MR) is 75.8 cm³/mol. The number of nitrogens with two attached hydrogens (primary N) is 1. The van der Waals surface area contributed by atoms with Crippen LogP contribution in [0.3, 0.4) is 0 Å². The summed E-state index contributed by atoms with van der Waals surface area (Å²) in [5.41, 5.74) is 0. The smallest absolute Gasteiger partial charge is 0.131 e. The number of rotatable bonds is 7. The van der Waals surface area contributed by atoms with Gasteiger partial charge in [-0.05, 0) is 24.3 Å². The minimum Gasteiger partial charge on any atom is -0.493 e. The molecule has 0 unspecified atom stereocenters. The van der Waals surface area contributed by atoms with E-state index < -0.39 is 0 Å². The van der Waals surface area contributed by atoms with Crippen molar-refractivity contribution in [2.24, 2.45) is 0 Å². The fraction of sp³-hybridized carbons (Fsp3) is 0.250. The molecular weight excluding hydrogens is 238 g/mol. The van der Waals surface area contributed by atoms with Crippen LogP contribution in [0.5, 0.6) is 17.2 Å². The van der Waals surface area contributed by atoms with Crippen LogP contribution >= 0.6 is 0 Å². The second kappa shape index (κ2) is 7.44. The van der Waals surface area contributed by atoms with Crippen molar-refractivity contribution < 1.29 is 14.8 Å². The highest BCUT2D eigenvalue weighted by Gasteiger charge is 1.99. The van der Waals surface area contributed by atoms with Gasteiger partial charge in [0.2, 0.25) is 0 Å². The van der Waals surface area contributed by atoms with Crippen molar-refractivity contribution in [2.45, 2.75) is 6.42 Å². The van der Waals surface area contributed by atoms with Gasteiger partial charge in [0.05, 0.1) is 20.2 Å². The lowest BCUT2D eigenvalue weighted by molar-refractivity contribution is -0.627. The summed E-state index contributed by atoms with van der Waals surface area (Å²) in [6, 6.07) is 17.5. The zero-order chi connectivity index (χ0) is 13.3. The van der Waals surface area contributed by atoms with Crippen molar-refractivity contribution in [1.82, 2.24) is 0 Å². The number of hydrogen-bond acceptors (Lipinski definition) is 2. The molecule has 100 valence electrons. The Morgan fingerprint density at radius 1 is 0.895 bits per heavy atom. The van der Waals surface area contributed by atoms with Crippen LogP contribution < -0.4 is 14.8 Å². The molecule has 0 saturated heterocycles. The average Bonchev–Trinajstić information content (AvgIpc) is 2.45. The second-order valence-corrected chi connectivity index (χ2v) is 4.29. The zero-order valence-electron chi connectivity index (χ0n) is 11.2. The van der Waals surface area contributed by atoms with Crippen LogP contribution in [0.15, 0.2) is 54.6 Å². The maximum absolute atomic E-state index is 5.76. The quantitative estimate of drug-likeness (QED) is 0.774. The van der Waals surface area contributed by atoms with E-state index in [0.29, 0.717) is 0 Å². The molecule has 0 heterocycles. The molecule has 0 saturated carbocycles. The summed E-state index contributed by atoms with van der Waals surface area (Å²) in [4.78, 5) is 0. The molecule has 2 N–H and O–H groups in total. The Hall–Kier alpha value is -2.00. The van der Waals surface area contributed by atoms with Gasteiger partial charge < -0.3 is 14.8 Å². The molecule has 2 aromatic carbocycles. The lowest BCUT2D eigenvalue weighted by Gasteiger charge is -2.08. The topological polar surface area (TPSA) is 35.1 Å². The zero-order valence-corrected chi connectivity index (χ0v) is 11.2. The van der Waals surface area contributed by atoms with E-state index in [4.69, 9.17) is 9.47 Å². The minimum atomic E-state index is 0.735. The highest BCUT2D eigenvalue weighted by Crippen LogP contribution is 2.24. The summed E-state index contributed by atoms with van der Waals surface area (Å²) in [6.45, 7) is 1.82. The summed E-state index contributed by atoms with van der Waals surface area (Å²) in [6.07, 6.45) is 1.04. The third-order valence-electron chi connectivity index (χ3n) is 2.69. The van der Waals surface area contributed by atoms with Crippen molar-refractivity contribution in [1.29, 1.82) is 0 Å². The molecule has 0 amide bonds. The van der Waals surface area contributed by atoms with Crippen LogP contribution in [0.1, 0.15) is 6.42 Å². The van der Waals surface area contributed by atoms with Crippen molar-refractivity contribution >= 4 is 0 Å². The molecule has 0 aromatic heterocycles. The highest BCUT2D eigenvalue weighted by molar-refractivity contribution is 5.36. The van der Waals surface area contributed by atoms with Gasteiger partial charge in [-0.25, -0.2) is 0 Å². The lowest BCUT2D eigenvalue weighted by atomic mass is 10.3. The van der Waals surface area contributed by atoms with Crippen LogP contribution in [-0.2, 0) is 0 Å². The van der Waals surface area contributed by atoms with E-state index in [-0.39, 0.29) is 0 Å². The lowest BCUT2D eigenvalue weighted by Crippen LogP contribution is -2.79. The second-order valence-electron chi connectivity index (χ2n) is 4.29. The molecule has 0 aliphatic carbocycles. The molecule has 19 heavy (non-hydrogen) atoms. The van der Waals surface area contributed by atoms with E-state index in [0.717, 1.165) is 36.8 Å². The molecule has 0 radical (unpaired) electrons. The first-order valence-corrected chi connectivity index (χ1v) is 6.62. The van der Waals surface area contributed by atoms with Crippen molar-refractivity contribution in [3.05, 3.63) is 54.6 Å². The molecule has 2 aromatic rings. The summed E-state index contributed by atoms with van der Waals surface area (Å²) < 4.78 is 11.4. The Kier molecular flexibility index (Phi) is 5.26. The molecule has 3 nitrogen and oxygen atoms in total. The maximum atomic E-state index is 5.76. The first-order valence-electron chi connectivity index (χ1n) is 6.62. The Morgan fingerprint density at radius 2 is 1.63 bits per heavy atom. The van der Waals surface area contributed by atoms with E-state index in [1.54, 1.807) is 0 Å². The van der Waals surface area contributed by atoms with Crippen LogP contribution in [-0.4, -0.2) is 20.2 Å². The van der Waals surface area contributed by atoms with Gasteiger partial charge in [0, 0.05) is 12.5 Å². The fourth-order valence-corrected chi connectivity index (χ4v) is 1.73. The van der Waals surface area contributed by atoms with Gasteiger partial charge in [-0.1, -0.05) is 24.3 Å². The third kappa shape index (κ3) is 4.64. The van der Waals surface area contributed by atoms with Gasteiger partial charge in [-0.3, -0.25) is 0 Å². The Balaban J connectivity index is 1.91. The summed E-state index contributed by atoms with van der Waals surface area (Å²) >= 11 is 0. The van der Waals surface area contributed by atoms with Gasteiger partial charge >= 0.3 is 0 Å². The third-order valence-corrected chi connectivity index (χ3v) is 2.69. The Bertz CT molecular complexity index is 485. The fourth-order valence-electron chi connectivity index (χ4n) is 1.73. The van der Waals surface area contributed by atoms with Crippen molar-refractivity contribution in [2.75, 3.05) is 20.2 Å². The largest absolute Gasteiger partial charge is 0.493 e. The highest BCUT2D eigenvalue weighted by atomic mass is 16.5. The number of ether oxygens (including phenoxy) is 2. The normalized spacial score (nSPS) is 10.2. The molecule has 0 aliphatic heterocycles. The van der Waals surface area contributed by atoms with Crippen LogP contribution in [0.25, 0.3) is 0 Å². The van der Waals surface area contributed by atoms with E-state index in [9.17, 15) is 0 Å². The maximum Gasteiger partial charge on any atom is 0.131 e. The summed E-state index contributed by atoms with van der Waals surface area (Å²) in [7, 11) is 2.06. The molecule has 0 aliphatic rings. The van der Waals surface area contributed by atoms with Gasteiger partial charge in [0.15, 0.2) is 0 Å². The monoisotopic (exact) mass is 258 g/mol. The molecular formula is C16H20NO2+. The van der Waals surface area contributed by atoms with Crippen LogP contribution in [0.4, 0.5) is 0 Å². The number of para-hydroxylation sites is 1. The first-order chi connectivity index (χ1) is 9.38. The molecule has 0 atom stereocenters. The number of hydrogen-bond donors (Lipinski definition) is 1.